The lowest BCUT2D eigenvalue weighted by molar-refractivity contribution is 0.209. The van der Waals surface area contributed by atoms with E-state index in [9.17, 15) is 4.39 Å². The van der Waals surface area contributed by atoms with E-state index in [1.54, 1.807) is 12.1 Å². The Balaban J connectivity index is 1.55. The van der Waals surface area contributed by atoms with E-state index in [0.29, 0.717) is 34.7 Å². The van der Waals surface area contributed by atoms with Gasteiger partial charge in [0.25, 0.3) is 0 Å². The second-order valence-corrected chi connectivity index (χ2v) is 6.66. The van der Waals surface area contributed by atoms with Gasteiger partial charge < -0.3 is 4.57 Å². The first-order chi connectivity index (χ1) is 12.1. The molecular formula is C17H14Cl2FN5. The van der Waals surface area contributed by atoms with E-state index in [4.69, 9.17) is 23.2 Å². The van der Waals surface area contributed by atoms with Crippen LogP contribution in [0.15, 0.2) is 36.5 Å². The summed E-state index contributed by atoms with van der Waals surface area (Å²) in [4.78, 5) is 6.33. The van der Waals surface area contributed by atoms with Crippen molar-refractivity contribution < 1.29 is 4.39 Å². The molecule has 0 saturated carbocycles. The first-order valence-corrected chi connectivity index (χ1v) is 8.56. The first-order valence-electron chi connectivity index (χ1n) is 7.81. The summed E-state index contributed by atoms with van der Waals surface area (Å²) < 4.78 is 15.1. The van der Waals surface area contributed by atoms with Crippen LogP contribution in [-0.2, 0) is 19.6 Å². The van der Waals surface area contributed by atoms with Gasteiger partial charge in [0, 0.05) is 19.6 Å². The van der Waals surface area contributed by atoms with Crippen LogP contribution in [0.3, 0.4) is 0 Å². The summed E-state index contributed by atoms with van der Waals surface area (Å²) in [5, 5.41) is 9.64. The van der Waals surface area contributed by atoms with Crippen molar-refractivity contribution in [2.45, 2.75) is 19.6 Å². The molecule has 1 aliphatic rings. The van der Waals surface area contributed by atoms with Crippen LogP contribution in [0.2, 0.25) is 10.0 Å². The molecule has 3 heterocycles. The van der Waals surface area contributed by atoms with Crippen LogP contribution in [0, 0.1) is 5.82 Å². The van der Waals surface area contributed by atoms with Crippen LogP contribution in [-0.4, -0.2) is 31.2 Å². The summed E-state index contributed by atoms with van der Waals surface area (Å²) in [6, 6.07) is 8.64. The van der Waals surface area contributed by atoms with Gasteiger partial charge in [-0.05, 0) is 23.8 Å². The van der Waals surface area contributed by atoms with Crippen molar-refractivity contribution in [1.29, 1.82) is 0 Å². The molecule has 128 valence electrons. The van der Waals surface area contributed by atoms with Crippen LogP contribution in [0.1, 0.15) is 11.4 Å². The van der Waals surface area contributed by atoms with Gasteiger partial charge in [0.2, 0.25) is 0 Å². The smallest absolute Gasteiger partial charge is 0.182 e. The van der Waals surface area contributed by atoms with Gasteiger partial charge in [0.15, 0.2) is 5.82 Å². The maximum absolute atomic E-state index is 13.1. The number of pyridine rings is 1. The molecule has 2 aromatic heterocycles. The molecule has 1 aromatic carbocycles. The van der Waals surface area contributed by atoms with Gasteiger partial charge in [-0.25, -0.2) is 9.37 Å². The molecule has 0 bridgehead atoms. The van der Waals surface area contributed by atoms with Crippen molar-refractivity contribution in [3.63, 3.8) is 0 Å². The third-order valence-corrected chi connectivity index (χ3v) is 5.07. The van der Waals surface area contributed by atoms with Gasteiger partial charge in [-0.3, -0.25) is 4.90 Å². The molecular weight excluding hydrogens is 364 g/mol. The van der Waals surface area contributed by atoms with Crippen LogP contribution < -0.4 is 0 Å². The summed E-state index contributed by atoms with van der Waals surface area (Å²) in [5.74, 6) is 1.15. The quantitative estimate of drug-likeness (QED) is 0.696. The molecule has 0 unspecified atom stereocenters. The topological polar surface area (TPSA) is 46.8 Å². The van der Waals surface area contributed by atoms with Crippen molar-refractivity contribution in [2.75, 3.05) is 6.54 Å². The van der Waals surface area contributed by atoms with E-state index in [1.165, 1.54) is 12.3 Å². The van der Waals surface area contributed by atoms with Gasteiger partial charge >= 0.3 is 0 Å². The van der Waals surface area contributed by atoms with E-state index < -0.39 is 0 Å². The number of benzene rings is 1. The Morgan fingerprint density at radius 1 is 1.08 bits per heavy atom. The SMILES string of the molecule is Fc1ccc(-c2nnc3n2CCN(Cc2cccc(Cl)c2Cl)C3)nc1. The molecule has 0 spiro atoms. The number of rotatable bonds is 3. The Bertz CT molecular complexity index is 910. The zero-order valence-corrected chi connectivity index (χ0v) is 14.7. The highest BCUT2D eigenvalue weighted by atomic mass is 35.5. The molecule has 1 aliphatic heterocycles. The second-order valence-electron chi connectivity index (χ2n) is 5.88. The largest absolute Gasteiger partial charge is 0.307 e. The molecule has 0 saturated heterocycles. The van der Waals surface area contributed by atoms with Crippen molar-refractivity contribution in [2.24, 2.45) is 0 Å². The van der Waals surface area contributed by atoms with Gasteiger partial charge in [0.1, 0.15) is 17.3 Å². The summed E-state index contributed by atoms with van der Waals surface area (Å²) in [7, 11) is 0. The predicted molar refractivity (Wildman–Crippen MR) is 93.8 cm³/mol. The number of nitrogens with zero attached hydrogens (tertiary/aromatic N) is 5. The van der Waals surface area contributed by atoms with Crippen LogP contribution >= 0.6 is 23.2 Å². The average molecular weight is 378 g/mol. The molecule has 0 amide bonds. The fraction of sp³-hybridized carbons (Fsp3) is 0.235. The number of halogens is 3. The van der Waals surface area contributed by atoms with Gasteiger partial charge in [0.05, 0.1) is 22.8 Å². The number of hydrogen-bond donors (Lipinski definition) is 0. The fourth-order valence-electron chi connectivity index (χ4n) is 2.95. The average Bonchev–Trinajstić information content (AvgIpc) is 3.03. The minimum absolute atomic E-state index is 0.369. The summed E-state index contributed by atoms with van der Waals surface area (Å²) in [6.45, 7) is 2.89. The molecule has 0 N–H and O–H groups in total. The predicted octanol–water partition coefficient (Wildman–Crippen LogP) is 3.80. The van der Waals surface area contributed by atoms with Crippen molar-refractivity contribution in [3.05, 3.63) is 63.8 Å². The Morgan fingerprint density at radius 2 is 1.96 bits per heavy atom. The zero-order valence-electron chi connectivity index (χ0n) is 13.2. The number of hydrogen-bond acceptors (Lipinski definition) is 4. The van der Waals surface area contributed by atoms with E-state index in [-0.39, 0.29) is 5.82 Å². The Hall–Kier alpha value is -2.02. The molecule has 25 heavy (non-hydrogen) atoms. The highest BCUT2D eigenvalue weighted by molar-refractivity contribution is 6.42. The van der Waals surface area contributed by atoms with E-state index in [0.717, 1.165) is 24.5 Å². The fourth-order valence-corrected chi connectivity index (χ4v) is 3.33. The number of fused-ring (bicyclic) bond motifs is 1. The summed E-state index contributed by atoms with van der Waals surface area (Å²) >= 11 is 12.4. The maximum Gasteiger partial charge on any atom is 0.182 e. The monoisotopic (exact) mass is 377 g/mol. The van der Waals surface area contributed by atoms with E-state index in [2.05, 4.69) is 20.1 Å². The van der Waals surface area contributed by atoms with Crippen molar-refractivity contribution in [1.82, 2.24) is 24.6 Å². The lowest BCUT2D eigenvalue weighted by Gasteiger charge is -2.28. The molecule has 3 aromatic rings. The molecule has 0 radical (unpaired) electrons. The van der Waals surface area contributed by atoms with Crippen LogP contribution in [0.4, 0.5) is 4.39 Å². The molecule has 0 fully saturated rings. The van der Waals surface area contributed by atoms with Gasteiger partial charge in [-0.15, -0.1) is 10.2 Å². The van der Waals surface area contributed by atoms with Crippen molar-refractivity contribution >= 4 is 23.2 Å². The maximum atomic E-state index is 13.1. The van der Waals surface area contributed by atoms with Crippen LogP contribution in [0.5, 0.6) is 0 Å². The normalized spacial score (nSPS) is 14.5. The molecule has 0 atom stereocenters. The number of aromatic nitrogens is 4. The Kier molecular flexibility index (Phi) is 4.41. The first kappa shape index (κ1) is 16.4. The van der Waals surface area contributed by atoms with Gasteiger partial charge in [-0.1, -0.05) is 35.3 Å². The standard InChI is InChI=1S/C17H14Cl2FN5/c18-13-3-1-2-11(16(13)19)9-24-6-7-25-15(10-24)22-23-17(25)14-5-4-12(20)8-21-14/h1-5,8H,6-7,9-10H2. The minimum Gasteiger partial charge on any atom is -0.307 e. The van der Waals surface area contributed by atoms with Crippen molar-refractivity contribution in [3.8, 4) is 11.5 Å². The summed E-state index contributed by atoms with van der Waals surface area (Å²) in [6.07, 6.45) is 1.19. The Labute approximate surface area is 154 Å². The zero-order chi connectivity index (χ0) is 17.4. The highest BCUT2D eigenvalue weighted by Gasteiger charge is 2.23. The third-order valence-electron chi connectivity index (χ3n) is 4.21. The van der Waals surface area contributed by atoms with E-state index >= 15 is 0 Å². The lowest BCUT2D eigenvalue weighted by Crippen LogP contribution is -2.33. The highest BCUT2D eigenvalue weighted by Crippen LogP contribution is 2.28. The van der Waals surface area contributed by atoms with Gasteiger partial charge in [-0.2, -0.15) is 0 Å². The molecule has 5 nitrogen and oxygen atoms in total. The van der Waals surface area contributed by atoms with E-state index in [1.807, 2.05) is 16.7 Å². The lowest BCUT2D eigenvalue weighted by atomic mass is 10.2. The van der Waals surface area contributed by atoms with Crippen LogP contribution in [0.25, 0.3) is 11.5 Å². The molecule has 0 aliphatic carbocycles. The molecule has 8 heteroatoms. The Morgan fingerprint density at radius 3 is 2.76 bits per heavy atom. The summed E-state index contributed by atoms with van der Waals surface area (Å²) in [5.41, 5.74) is 1.61. The second kappa shape index (κ2) is 6.71. The third kappa shape index (κ3) is 3.25. The minimum atomic E-state index is -0.369. The molecule has 4 rings (SSSR count).